The molecule has 84 heavy (non-hydrogen) atoms. The summed E-state index contributed by atoms with van der Waals surface area (Å²) in [6, 6.07) is 20.3. The van der Waals surface area contributed by atoms with E-state index in [9.17, 15) is 110 Å². The van der Waals surface area contributed by atoms with Gasteiger partial charge in [-0.1, -0.05) is 97.1 Å². The van der Waals surface area contributed by atoms with Crippen LogP contribution in [0.25, 0.3) is 22.0 Å². The first kappa shape index (κ1) is 63.1. The maximum absolute atomic E-state index is 14.2. The highest BCUT2D eigenvalue weighted by Crippen LogP contribution is 2.42. The lowest BCUT2D eigenvalue weighted by atomic mass is 9.12. The van der Waals surface area contributed by atoms with Gasteiger partial charge in [-0.2, -0.15) is 137 Å². The van der Waals surface area contributed by atoms with E-state index in [0.717, 1.165) is 22.0 Å². The molecule has 0 saturated heterocycles. The first-order valence-electron chi connectivity index (χ1n) is 23.4. The average molecular weight is 1210 g/mol. The Kier molecular flexibility index (Phi) is 16.7. The number of alkyl halides is 24. The van der Waals surface area contributed by atoms with E-state index in [1.165, 1.54) is 0 Å². The number of pyridine rings is 1. The fraction of sp³-hybridized carbons (Fsp3) is 0.161. The quantitative estimate of drug-likeness (QED) is 0.0659. The van der Waals surface area contributed by atoms with Gasteiger partial charge in [-0.05, 0) is 60.0 Å². The second-order valence-electron chi connectivity index (χ2n) is 18.6. The number of aromatic nitrogens is 1. The third-order valence-corrected chi connectivity index (χ3v) is 13.1. The lowest BCUT2D eigenvalue weighted by Gasteiger charge is -2.46. The van der Waals surface area contributed by atoms with Gasteiger partial charge >= 0.3 is 49.4 Å². The van der Waals surface area contributed by atoms with Crippen LogP contribution >= 0.6 is 0 Å². The van der Waals surface area contributed by atoms with Crippen molar-refractivity contribution in [2.75, 3.05) is 0 Å². The van der Waals surface area contributed by atoms with Crippen molar-refractivity contribution in [3.63, 3.8) is 0 Å². The molecule has 3 nitrogen and oxygen atoms in total. The molecule has 28 heteroatoms. The number of carbonyl (C=O) groups is 1. The monoisotopic (exact) mass is 1210 g/mol. The molecule has 8 aromatic rings. The van der Waals surface area contributed by atoms with E-state index in [1.807, 2.05) is 71.4 Å². The maximum atomic E-state index is 14.2. The number of benzene rings is 7. The van der Waals surface area contributed by atoms with Gasteiger partial charge in [0.05, 0.1) is 61.5 Å². The Morgan fingerprint density at radius 1 is 0.381 bits per heavy atom. The van der Waals surface area contributed by atoms with Gasteiger partial charge in [0.15, 0.2) is 6.20 Å². The lowest BCUT2D eigenvalue weighted by molar-refractivity contribution is -0.671. The highest BCUT2D eigenvalue weighted by atomic mass is 19.4. The Morgan fingerprint density at radius 3 is 0.976 bits per heavy atom. The summed E-state index contributed by atoms with van der Waals surface area (Å²) in [7, 11) is 0. The Balaban J connectivity index is 0.000000309. The smallest absolute Gasteiger partial charge is 0.287 e. The molecule has 0 N–H and O–H groups in total. The van der Waals surface area contributed by atoms with Crippen molar-refractivity contribution in [2.24, 2.45) is 0 Å². The number of nitrogens with zero attached hydrogens (tertiary/aromatic N) is 2. The van der Waals surface area contributed by atoms with Crippen LogP contribution in [0.5, 0.6) is 0 Å². The van der Waals surface area contributed by atoms with Crippen LogP contribution in [0, 0.1) is 11.3 Å². The zero-order chi connectivity index (χ0) is 62.6. The van der Waals surface area contributed by atoms with Gasteiger partial charge in [-0.25, -0.2) is 0 Å². The zero-order valence-corrected chi connectivity index (χ0v) is 41.2. The minimum absolute atomic E-state index is 0.0609. The van der Waals surface area contributed by atoms with Gasteiger partial charge in [0, 0.05) is 17.2 Å². The van der Waals surface area contributed by atoms with E-state index in [2.05, 4.69) is 18.2 Å². The van der Waals surface area contributed by atoms with Crippen molar-refractivity contribution in [3.05, 3.63) is 220 Å². The normalized spacial score (nSPS) is 13.1. The van der Waals surface area contributed by atoms with E-state index in [0.29, 0.717) is 11.1 Å². The van der Waals surface area contributed by atoms with Crippen molar-refractivity contribution in [1.82, 2.24) is 0 Å². The lowest BCUT2D eigenvalue weighted by Crippen LogP contribution is -2.75. The van der Waals surface area contributed by atoms with Gasteiger partial charge in [-0.3, -0.25) is 4.79 Å². The molecule has 0 spiro atoms. The second-order valence-corrected chi connectivity index (χ2v) is 18.6. The molecule has 0 saturated carbocycles. The molecule has 0 unspecified atom stereocenters. The van der Waals surface area contributed by atoms with Gasteiger partial charge in [-0.15, -0.1) is 0 Å². The van der Waals surface area contributed by atoms with Crippen molar-refractivity contribution >= 4 is 44.6 Å². The molecule has 0 fully saturated rings. The molecule has 0 aliphatic rings. The van der Waals surface area contributed by atoms with E-state index >= 15 is 0 Å². The standard InChI is InChI=1S/C32H12BF24.C24H17N2O/c34-25(35,36)13-1-14(26(37,38)39)6-21(5-13)33(22-7-15(27(40,41)42)2-16(8-22)28(43,44)45,23-9-17(29(46,47)48)3-18(10-23)30(49,50)51)24-11-19(31(52,53)54)4-20(12-24)32(55,56)57;25-16-18-10-12-21(13-11-18)24-22-9-5-4-6-19(22)14-15-26(24)17-23(27)20-7-2-1-3-8-20/h1-12H;1-15H,17H2/q-1;+1. The molecule has 1 heterocycles. The van der Waals surface area contributed by atoms with Gasteiger partial charge < -0.3 is 0 Å². The van der Waals surface area contributed by atoms with Gasteiger partial charge in [0.25, 0.3) is 0 Å². The molecule has 0 bridgehead atoms. The summed E-state index contributed by atoms with van der Waals surface area (Å²) < 4.78 is 343. The minimum Gasteiger partial charge on any atom is -0.287 e. The van der Waals surface area contributed by atoms with Crippen molar-refractivity contribution in [1.29, 1.82) is 5.26 Å². The summed E-state index contributed by atoms with van der Waals surface area (Å²) in [5.74, 6) is 0.0609. The molecule has 0 radical (unpaired) electrons. The van der Waals surface area contributed by atoms with E-state index < -0.39 is 195 Å². The summed E-state index contributed by atoms with van der Waals surface area (Å²) in [6.45, 7) is 0.254. The fourth-order valence-corrected chi connectivity index (χ4v) is 9.35. The van der Waals surface area contributed by atoms with Crippen LogP contribution in [-0.4, -0.2) is 11.9 Å². The molecule has 0 aliphatic carbocycles. The number of nitriles is 1. The van der Waals surface area contributed by atoms with Crippen LogP contribution in [0.1, 0.15) is 60.4 Å². The molecule has 440 valence electrons. The molecule has 8 rings (SSSR count). The average Bonchev–Trinajstić information content (AvgIpc) is 0.821. The predicted octanol–water partition coefficient (Wildman–Crippen LogP) is 15.8. The van der Waals surface area contributed by atoms with Crippen molar-refractivity contribution < 1.29 is 115 Å². The summed E-state index contributed by atoms with van der Waals surface area (Å²) in [5.41, 5.74) is -26.9. The fourth-order valence-electron chi connectivity index (χ4n) is 9.35. The van der Waals surface area contributed by atoms with Crippen molar-refractivity contribution in [3.8, 4) is 17.3 Å². The zero-order valence-electron chi connectivity index (χ0n) is 41.2. The third kappa shape index (κ3) is 13.8. The minimum atomic E-state index is -6.13. The number of hydrogen-bond donors (Lipinski definition) is 0. The molecule has 0 amide bonds. The molecule has 7 aromatic carbocycles. The first-order chi connectivity index (χ1) is 38.5. The van der Waals surface area contributed by atoms with Gasteiger partial charge in [0.2, 0.25) is 18.0 Å². The highest BCUT2D eigenvalue weighted by molar-refractivity contribution is 7.20. The molecule has 1 aromatic heterocycles. The number of carbonyl (C=O) groups excluding carboxylic acids is 1. The van der Waals surface area contributed by atoms with Crippen LogP contribution in [0.3, 0.4) is 0 Å². The van der Waals surface area contributed by atoms with Gasteiger partial charge in [0.1, 0.15) is 6.15 Å². The third-order valence-electron chi connectivity index (χ3n) is 13.1. The van der Waals surface area contributed by atoms with Crippen LogP contribution in [-0.2, 0) is 56.0 Å². The first-order valence-corrected chi connectivity index (χ1v) is 23.4. The topological polar surface area (TPSA) is 44.7 Å². The highest BCUT2D eigenvalue weighted by Gasteiger charge is 2.47. The molecule has 0 aliphatic heterocycles. The summed E-state index contributed by atoms with van der Waals surface area (Å²) >= 11 is 0. The molecular formula is C56H29BF24N2O. The predicted molar refractivity (Wildman–Crippen MR) is 255 cm³/mol. The number of hydrogen-bond acceptors (Lipinski definition) is 2. The maximum Gasteiger partial charge on any atom is 0.416 e. The van der Waals surface area contributed by atoms with E-state index in [1.54, 1.807) is 12.1 Å². The second kappa shape index (κ2) is 22.2. The summed E-state index contributed by atoms with van der Waals surface area (Å²) in [6.07, 6.45) is -52.9. The SMILES string of the molecule is FC(F)(F)c1cc([B-](c2cc(C(F)(F)F)cc(C(F)(F)F)c2)(c2cc(C(F)(F)F)cc(C(F)(F)F)c2)c2cc(C(F)(F)F)cc(C(F)(F)F)c2)cc(C(F)(F)F)c1.N#Cc1ccc(-c2c3ccccc3cc[n+]2CC(=O)c2ccccc2)cc1. The van der Waals surface area contributed by atoms with E-state index in [-0.39, 0.29) is 12.3 Å². The van der Waals surface area contributed by atoms with Crippen LogP contribution in [0.2, 0.25) is 0 Å². The number of halogens is 24. The number of Topliss-reactive ketones (excluding diaryl/α,β-unsaturated/α-hetero) is 1. The van der Waals surface area contributed by atoms with E-state index in [4.69, 9.17) is 5.26 Å². The Morgan fingerprint density at radius 2 is 0.679 bits per heavy atom. The Bertz CT molecular complexity index is 3350. The van der Waals surface area contributed by atoms with Crippen LogP contribution < -0.4 is 26.4 Å². The number of fused-ring (bicyclic) bond motifs is 1. The molecule has 0 atom stereocenters. The number of rotatable bonds is 8. The molecular weight excluding hydrogens is 1180 g/mol. The van der Waals surface area contributed by atoms with Crippen LogP contribution in [0.4, 0.5) is 105 Å². The van der Waals surface area contributed by atoms with Crippen LogP contribution in [0.15, 0.2) is 164 Å². The Labute approximate surface area is 456 Å². The van der Waals surface area contributed by atoms with Crippen molar-refractivity contribution in [2.45, 2.75) is 56.0 Å². The largest absolute Gasteiger partial charge is 0.416 e. The summed E-state index contributed by atoms with van der Waals surface area (Å²) in [4.78, 5) is 12.8. The Hall–Kier alpha value is -8.51. The number of ketones is 1. The summed E-state index contributed by atoms with van der Waals surface area (Å²) in [5, 5.41) is 11.3.